The third-order valence-electron chi connectivity index (χ3n) is 4.73. The Morgan fingerprint density at radius 2 is 2.12 bits per heavy atom. The van der Waals surface area contributed by atoms with Gasteiger partial charge in [0.1, 0.15) is 5.69 Å². The van der Waals surface area contributed by atoms with E-state index in [9.17, 15) is 8.78 Å². The van der Waals surface area contributed by atoms with Gasteiger partial charge in [0.2, 0.25) is 11.7 Å². The molecule has 0 amide bonds. The van der Waals surface area contributed by atoms with Gasteiger partial charge in [0.15, 0.2) is 0 Å². The fourth-order valence-corrected chi connectivity index (χ4v) is 3.41. The zero-order chi connectivity index (χ0) is 17.2. The number of fused-ring (bicyclic) bond motifs is 1. The van der Waals surface area contributed by atoms with Crippen LogP contribution < -0.4 is 0 Å². The van der Waals surface area contributed by atoms with Gasteiger partial charge in [0.05, 0.1) is 6.54 Å². The molecular weight excluding hydrogens is 328 g/mol. The lowest BCUT2D eigenvalue weighted by Gasteiger charge is -2.30. The normalized spacial score (nSPS) is 16.9. The van der Waals surface area contributed by atoms with E-state index in [-0.39, 0.29) is 6.54 Å². The molecule has 0 unspecified atom stereocenters. The summed E-state index contributed by atoms with van der Waals surface area (Å²) >= 11 is 0. The minimum Gasteiger partial charge on any atom is -0.361 e. The molecule has 1 saturated heterocycles. The van der Waals surface area contributed by atoms with E-state index < -0.39 is 6.43 Å². The number of hydrogen-bond donors (Lipinski definition) is 1. The summed E-state index contributed by atoms with van der Waals surface area (Å²) in [6, 6.07) is 3.83. The molecule has 4 heterocycles. The number of aromatic nitrogens is 4. The molecule has 3 aromatic heterocycles. The van der Waals surface area contributed by atoms with Crippen molar-refractivity contribution in [2.45, 2.75) is 25.7 Å². The number of hydrogen-bond acceptors (Lipinski definition) is 5. The molecule has 1 fully saturated rings. The molecule has 25 heavy (non-hydrogen) atoms. The fourth-order valence-electron chi connectivity index (χ4n) is 3.41. The maximum absolute atomic E-state index is 12.4. The third-order valence-corrected chi connectivity index (χ3v) is 4.73. The van der Waals surface area contributed by atoms with Crippen molar-refractivity contribution in [3.8, 4) is 11.5 Å². The van der Waals surface area contributed by atoms with Gasteiger partial charge in [-0.3, -0.25) is 9.88 Å². The number of alkyl halides is 2. The molecule has 0 spiro atoms. The summed E-state index contributed by atoms with van der Waals surface area (Å²) in [4.78, 5) is 13.8. The molecule has 132 valence electrons. The van der Waals surface area contributed by atoms with Crippen molar-refractivity contribution < 1.29 is 13.3 Å². The zero-order valence-electron chi connectivity index (χ0n) is 13.7. The highest BCUT2D eigenvalue weighted by Gasteiger charge is 2.23. The zero-order valence-corrected chi connectivity index (χ0v) is 13.7. The topological polar surface area (TPSA) is 70.8 Å². The number of H-pyrrole nitrogens is 1. The maximum atomic E-state index is 12.4. The van der Waals surface area contributed by atoms with Crippen molar-refractivity contribution in [1.82, 2.24) is 25.0 Å². The lowest BCUT2D eigenvalue weighted by atomic mass is 9.93. The summed E-state index contributed by atoms with van der Waals surface area (Å²) in [5, 5.41) is 5.02. The fraction of sp³-hybridized carbons (Fsp3) is 0.471. The molecule has 1 aliphatic heterocycles. The monoisotopic (exact) mass is 347 g/mol. The van der Waals surface area contributed by atoms with Crippen LogP contribution in [0, 0.1) is 5.92 Å². The standard InChI is InChI=1S/C17H19F2N5O/c18-14(19)10-24-7-3-11(4-8-24)9-15-22-17(23-25-15)16-12-1-5-20-13(12)2-6-21-16/h1-2,5-6,11,14,20H,3-4,7-10H2. The first-order chi connectivity index (χ1) is 12.2. The molecule has 0 saturated carbocycles. The number of nitrogens with one attached hydrogen (secondary N) is 1. The van der Waals surface area contributed by atoms with Crippen molar-refractivity contribution in [3.63, 3.8) is 0 Å². The van der Waals surface area contributed by atoms with E-state index >= 15 is 0 Å². The first-order valence-corrected chi connectivity index (χ1v) is 8.44. The Hall–Kier alpha value is -2.35. The van der Waals surface area contributed by atoms with Crippen molar-refractivity contribution >= 4 is 10.9 Å². The number of halogens is 2. The summed E-state index contributed by atoms with van der Waals surface area (Å²) in [6.45, 7) is 1.25. The Labute approximate surface area is 143 Å². The summed E-state index contributed by atoms with van der Waals surface area (Å²) < 4.78 is 30.3. The summed E-state index contributed by atoms with van der Waals surface area (Å²) in [5.74, 6) is 1.45. The molecule has 0 aromatic carbocycles. The third kappa shape index (κ3) is 3.53. The number of nitrogens with zero attached hydrogens (tertiary/aromatic N) is 4. The Bertz CT molecular complexity index is 838. The SMILES string of the molecule is FC(F)CN1CCC(Cc2nc(-c3nccc4[nH]ccc34)no2)CC1. The van der Waals surface area contributed by atoms with Gasteiger partial charge < -0.3 is 9.51 Å². The molecule has 0 aliphatic carbocycles. The lowest BCUT2D eigenvalue weighted by Crippen LogP contribution is -2.37. The first kappa shape index (κ1) is 16.1. The first-order valence-electron chi connectivity index (χ1n) is 8.44. The number of piperidine rings is 1. The van der Waals surface area contributed by atoms with Crippen LogP contribution in [0.1, 0.15) is 18.7 Å². The average Bonchev–Trinajstić information content (AvgIpc) is 3.25. The quantitative estimate of drug-likeness (QED) is 0.768. The van der Waals surface area contributed by atoms with E-state index in [4.69, 9.17) is 4.52 Å². The predicted molar refractivity (Wildman–Crippen MR) is 88.3 cm³/mol. The van der Waals surface area contributed by atoms with Crippen LogP contribution in [0.4, 0.5) is 8.78 Å². The van der Waals surface area contributed by atoms with Crippen LogP contribution >= 0.6 is 0 Å². The van der Waals surface area contributed by atoms with E-state index in [1.54, 1.807) is 6.20 Å². The van der Waals surface area contributed by atoms with E-state index in [1.165, 1.54) is 0 Å². The number of aromatic amines is 1. The maximum Gasteiger partial charge on any atom is 0.251 e. The second-order valence-corrected chi connectivity index (χ2v) is 6.45. The van der Waals surface area contributed by atoms with Crippen molar-refractivity contribution in [1.29, 1.82) is 0 Å². The van der Waals surface area contributed by atoms with Crippen molar-refractivity contribution in [2.75, 3.05) is 19.6 Å². The molecule has 0 radical (unpaired) electrons. The van der Waals surface area contributed by atoms with Crippen LogP contribution in [-0.4, -0.2) is 51.1 Å². The van der Waals surface area contributed by atoms with E-state index in [0.717, 1.165) is 23.7 Å². The van der Waals surface area contributed by atoms with Gasteiger partial charge in [-0.2, -0.15) is 4.98 Å². The largest absolute Gasteiger partial charge is 0.361 e. The van der Waals surface area contributed by atoms with Gasteiger partial charge in [-0.15, -0.1) is 0 Å². The molecule has 8 heteroatoms. The minimum atomic E-state index is -2.27. The molecule has 3 aromatic rings. The number of likely N-dealkylation sites (tertiary alicyclic amines) is 1. The van der Waals surface area contributed by atoms with Crippen LogP contribution in [0.25, 0.3) is 22.4 Å². The Morgan fingerprint density at radius 1 is 1.28 bits per heavy atom. The minimum absolute atomic E-state index is 0.135. The Balaban J connectivity index is 1.42. The van der Waals surface area contributed by atoms with Gasteiger partial charge in [-0.05, 0) is 44.0 Å². The van der Waals surface area contributed by atoms with E-state index in [0.29, 0.717) is 42.8 Å². The molecule has 6 nitrogen and oxygen atoms in total. The highest BCUT2D eigenvalue weighted by atomic mass is 19.3. The summed E-state index contributed by atoms with van der Waals surface area (Å²) in [5.41, 5.74) is 1.67. The second-order valence-electron chi connectivity index (χ2n) is 6.45. The summed E-state index contributed by atoms with van der Waals surface area (Å²) in [6.07, 6.45) is 3.72. The van der Waals surface area contributed by atoms with Crippen molar-refractivity contribution in [3.05, 3.63) is 30.4 Å². The van der Waals surface area contributed by atoms with E-state index in [2.05, 4.69) is 20.1 Å². The molecule has 1 N–H and O–H groups in total. The van der Waals surface area contributed by atoms with Gasteiger partial charge in [0.25, 0.3) is 6.43 Å². The highest BCUT2D eigenvalue weighted by molar-refractivity contribution is 5.90. The van der Waals surface area contributed by atoms with Gasteiger partial charge in [0, 0.05) is 29.7 Å². The van der Waals surface area contributed by atoms with Gasteiger partial charge in [-0.1, -0.05) is 5.16 Å². The molecular formula is C17H19F2N5O. The van der Waals surface area contributed by atoms with E-state index in [1.807, 2.05) is 23.2 Å². The second kappa shape index (κ2) is 6.87. The molecule has 1 aliphatic rings. The average molecular weight is 347 g/mol. The number of rotatable bonds is 5. The molecule has 0 atom stereocenters. The highest BCUT2D eigenvalue weighted by Crippen LogP contribution is 2.25. The Kier molecular flexibility index (Phi) is 4.44. The van der Waals surface area contributed by atoms with Crippen LogP contribution in [0.2, 0.25) is 0 Å². The lowest BCUT2D eigenvalue weighted by molar-refractivity contribution is 0.0681. The molecule has 4 rings (SSSR count). The smallest absolute Gasteiger partial charge is 0.251 e. The predicted octanol–water partition coefficient (Wildman–Crippen LogP) is 3.13. The summed E-state index contributed by atoms with van der Waals surface area (Å²) in [7, 11) is 0. The molecule has 0 bridgehead atoms. The van der Waals surface area contributed by atoms with Crippen LogP contribution in [-0.2, 0) is 6.42 Å². The van der Waals surface area contributed by atoms with Gasteiger partial charge >= 0.3 is 0 Å². The van der Waals surface area contributed by atoms with Crippen molar-refractivity contribution in [2.24, 2.45) is 5.92 Å². The van der Waals surface area contributed by atoms with Crippen LogP contribution in [0.5, 0.6) is 0 Å². The Morgan fingerprint density at radius 3 is 2.92 bits per heavy atom. The number of pyridine rings is 1. The van der Waals surface area contributed by atoms with Crippen LogP contribution in [0.15, 0.2) is 29.0 Å². The van der Waals surface area contributed by atoms with Gasteiger partial charge in [-0.25, -0.2) is 8.78 Å². The van der Waals surface area contributed by atoms with Crippen LogP contribution in [0.3, 0.4) is 0 Å².